The highest BCUT2D eigenvalue weighted by Gasteiger charge is 2.06. The Kier molecular flexibility index (Phi) is 6.57. The number of halogens is 1. The lowest BCUT2D eigenvalue weighted by molar-refractivity contribution is -0.142. The molecule has 0 aliphatic carbocycles. The van der Waals surface area contributed by atoms with Gasteiger partial charge in [-0.1, -0.05) is 40.2 Å². The van der Waals surface area contributed by atoms with Crippen LogP contribution in [-0.2, 0) is 14.3 Å². The molecule has 2 aromatic carbocycles. The maximum atomic E-state index is 11.8. The number of amides is 1. The molecule has 0 aromatic heterocycles. The minimum atomic E-state index is -0.606. The molecule has 1 amide bonds. The fourth-order valence-corrected chi connectivity index (χ4v) is 2.31. The average Bonchev–Trinajstić information content (AvgIpc) is 2.58. The molecule has 0 saturated heterocycles. The molecule has 5 nitrogen and oxygen atoms in total. The molecule has 2 aromatic rings. The number of benzene rings is 2. The van der Waals surface area contributed by atoms with Gasteiger partial charge >= 0.3 is 5.97 Å². The van der Waals surface area contributed by atoms with Crippen LogP contribution in [0.2, 0.25) is 0 Å². The molecule has 124 valence electrons. The summed E-state index contributed by atoms with van der Waals surface area (Å²) in [7, 11) is 1.55. The van der Waals surface area contributed by atoms with Gasteiger partial charge in [-0.2, -0.15) is 0 Å². The Morgan fingerprint density at radius 2 is 1.96 bits per heavy atom. The lowest BCUT2D eigenvalue weighted by atomic mass is 10.2. The number of carbonyl (C=O) groups excluding carboxylic acids is 2. The number of anilines is 1. The lowest BCUT2D eigenvalue weighted by Gasteiger charge is -2.06. The van der Waals surface area contributed by atoms with E-state index in [1.807, 2.05) is 24.3 Å². The number of rotatable bonds is 6. The minimum Gasteiger partial charge on any atom is -0.496 e. The Morgan fingerprint density at radius 3 is 2.71 bits per heavy atom. The van der Waals surface area contributed by atoms with Crippen molar-refractivity contribution in [3.05, 3.63) is 64.6 Å². The quantitative estimate of drug-likeness (QED) is 0.604. The van der Waals surface area contributed by atoms with Crippen LogP contribution in [0.15, 0.2) is 59.1 Å². The van der Waals surface area contributed by atoms with Gasteiger partial charge in [0.15, 0.2) is 6.61 Å². The number of ether oxygens (including phenoxy) is 2. The van der Waals surface area contributed by atoms with E-state index in [1.54, 1.807) is 37.5 Å². The van der Waals surface area contributed by atoms with Crippen LogP contribution in [0.25, 0.3) is 6.08 Å². The van der Waals surface area contributed by atoms with E-state index >= 15 is 0 Å². The number of esters is 1. The molecule has 6 heteroatoms. The van der Waals surface area contributed by atoms with Gasteiger partial charge in [0.05, 0.1) is 7.11 Å². The summed E-state index contributed by atoms with van der Waals surface area (Å²) in [5.41, 5.74) is 1.37. The molecule has 0 heterocycles. The largest absolute Gasteiger partial charge is 0.496 e. The first-order valence-corrected chi connectivity index (χ1v) is 7.91. The summed E-state index contributed by atoms with van der Waals surface area (Å²) >= 11 is 3.31. The smallest absolute Gasteiger partial charge is 0.331 e. The molecule has 0 saturated carbocycles. The van der Waals surface area contributed by atoms with Crippen molar-refractivity contribution in [1.82, 2.24) is 0 Å². The summed E-state index contributed by atoms with van der Waals surface area (Å²) in [5.74, 6) is -0.369. The van der Waals surface area contributed by atoms with Gasteiger partial charge in [0, 0.05) is 21.8 Å². The predicted octanol–water partition coefficient (Wildman–Crippen LogP) is 3.65. The number of hydrogen-bond acceptors (Lipinski definition) is 4. The zero-order valence-corrected chi connectivity index (χ0v) is 14.6. The first-order chi connectivity index (χ1) is 11.6. The molecule has 1 N–H and O–H groups in total. The normalized spacial score (nSPS) is 10.4. The Hall–Kier alpha value is -2.60. The van der Waals surface area contributed by atoms with Gasteiger partial charge < -0.3 is 14.8 Å². The molecule has 2 rings (SSSR count). The molecule has 24 heavy (non-hydrogen) atoms. The van der Waals surface area contributed by atoms with Gasteiger partial charge in [-0.25, -0.2) is 4.79 Å². The van der Waals surface area contributed by atoms with Crippen LogP contribution < -0.4 is 10.1 Å². The van der Waals surface area contributed by atoms with Gasteiger partial charge in [-0.3, -0.25) is 4.79 Å². The number of para-hydroxylation sites is 1. The van der Waals surface area contributed by atoms with Crippen LogP contribution in [0.1, 0.15) is 5.56 Å². The highest BCUT2D eigenvalue weighted by atomic mass is 79.9. The number of carbonyl (C=O) groups is 2. The van der Waals surface area contributed by atoms with E-state index in [4.69, 9.17) is 9.47 Å². The molecule has 0 unspecified atom stereocenters. The van der Waals surface area contributed by atoms with Gasteiger partial charge in [0.2, 0.25) is 0 Å². The third kappa shape index (κ3) is 5.55. The van der Waals surface area contributed by atoms with Crippen LogP contribution in [0.3, 0.4) is 0 Å². The Bertz CT molecular complexity index is 758. The van der Waals surface area contributed by atoms with E-state index in [2.05, 4.69) is 21.2 Å². The van der Waals surface area contributed by atoms with E-state index in [0.29, 0.717) is 11.4 Å². The van der Waals surface area contributed by atoms with Crippen molar-refractivity contribution in [1.29, 1.82) is 0 Å². The molecular weight excluding hydrogens is 374 g/mol. The van der Waals surface area contributed by atoms with E-state index in [9.17, 15) is 9.59 Å². The molecule has 0 atom stereocenters. The summed E-state index contributed by atoms with van der Waals surface area (Å²) < 4.78 is 10.9. The van der Waals surface area contributed by atoms with Crippen LogP contribution >= 0.6 is 15.9 Å². The third-order valence-corrected chi connectivity index (χ3v) is 3.49. The monoisotopic (exact) mass is 389 g/mol. The van der Waals surface area contributed by atoms with Crippen molar-refractivity contribution in [3.63, 3.8) is 0 Å². The van der Waals surface area contributed by atoms with Gasteiger partial charge in [-0.15, -0.1) is 0 Å². The first kappa shape index (κ1) is 17.7. The molecule has 0 aliphatic rings. The minimum absolute atomic E-state index is 0.360. The van der Waals surface area contributed by atoms with Crippen LogP contribution in [-0.4, -0.2) is 25.6 Å². The van der Waals surface area contributed by atoms with Gasteiger partial charge in [0.25, 0.3) is 5.91 Å². The van der Waals surface area contributed by atoms with E-state index in [0.717, 1.165) is 10.0 Å². The molecular formula is C18H16BrNO4. The van der Waals surface area contributed by atoms with E-state index < -0.39 is 11.9 Å². The van der Waals surface area contributed by atoms with E-state index in [1.165, 1.54) is 6.08 Å². The summed E-state index contributed by atoms with van der Waals surface area (Å²) in [6.45, 7) is -0.360. The number of nitrogens with one attached hydrogen (secondary N) is 1. The maximum Gasteiger partial charge on any atom is 0.331 e. The Morgan fingerprint density at radius 1 is 1.17 bits per heavy atom. The summed E-state index contributed by atoms with van der Waals surface area (Å²) in [6.07, 6.45) is 2.83. The Balaban J connectivity index is 1.84. The third-order valence-electron chi connectivity index (χ3n) is 2.99. The average molecular weight is 390 g/mol. The second-order valence-corrected chi connectivity index (χ2v) is 5.66. The topological polar surface area (TPSA) is 64.6 Å². The second kappa shape index (κ2) is 8.88. The first-order valence-electron chi connectivity index (χ1n) is 7.12. The van der Waals surface area contributed by atoms with Gasteiger partial charge in [-0.05, 0) is 30.3 Å². The van der Waals surface area contributed by atoms with Crippen molar-refractivity contribution < 1.29 is 19.1 Å². The fraction of sp³-hybridized carbons (Fsp3) is 0.111. The molecule has 0 radical (unpaired) electrons. The highest BCUT2D eigenvalue weighted by Crippen LogP contribution is 2.18. The van der Waals surface area contributed by atoms with Crippen LogP contribution in [0.4, 0.5) is 5.69 Å². The second-order valence-electron chi connectivity index (χ2n) is 4.74. The molecule has 0 fully saturated rings. The number of methoxy groups -OCH3 is 1. The lowest BCUT2D eigenvalue weighted by Crippen LogP contribution is -2.20. The zero-order chi connectivity index (χ0) is 17.4. The summed E-state index contributed by atoms with van der Waals surface area (Å²) in [6, 6.07) is 14.4. The Labute approximate surface area is 148 Å². The molecule has 0 aliphatic heterocycles. The van der Waals surface area contributed by atoms with Gasteiger partial charge in [0.1, 0.15) is 5.75 Å². The maximum absolute atomic E-state index is 11.8. The summed E-state index contributed by atoms with van der Waals surface area (Å²) in [4.78, 5) is 23.4. The summed E-state index contributed by atoms with van der Waals surface area (Å²) in [5, 5.41) is 2.64. The van der Waals surface area contributed by atoms with Crippen molar-refractivity contribution in [3.8, 4) is 5.75 Å². The van der Waals surface area contributed by atoms with Crippen molar-refractivity contribution in [2.24, 2.45) is 0 Å². The van der Waals surface area contributed by atoms with Crippen molar-refractivity contribution in [2.45, 2.75) is 0 Å². The fourth-order valence-electron chi connectivity index (χ4n) is 1.91. The van der Waals surface area contributed by atoms with Crippen LogP contribution in [0, 0.1) is 0 Å². The predicted molar refractivity (Wildman–Crippen MR) is 95.8 cm³/mol. The van der Waals surface area contributed by atoms with E-state index in [-0.39, 0.29) is 6.61 Å². The molecule has 0 spiro atoms. The van der Waals surface area contributed by atoms with Crippen molar-refractivity contribution >= 4 is 39.6 Å². The standard InChI is InChI=1S/C18H16BrNO4/c1-23-16-8-3-2-5-13(16)9-10-18(22)24-12-17(21)20-15-7-4-6-14(19)11-15/h2-11H,12H2,1H3,(H,20,21)/b10-9+. The number of hydrogen-bond donors (Lipinski definition) is 1. The molecule has 0 bridgehead atoms. The van der Waals surface area contributed by atoms with Crippen molar-refractivity contribution in [2.75, 3.05) is 19.0 Å². The van der Waals surface area contributed by atoms with Crippen LogP contribution in [0.5, 0.6) is 5.75 Å². The highest BCUT2D eigenvalue weighted by molar-refractivity contribution is 9.10. The zero-order valence-electron chi connectivity index (χ0n) is 13.0. The SMILES string of the molecule is COc1ccccc1/C=C/C(=O)OCC(=O)Nc1cccc(Br)c1.